The molecule has 8 heteroatoms. The molecule has 0 atom stereocenters. The summed E-state index contributed by atoms with van der Waals surface area (Å²) in [6.45, 7) is 3.57. The second kappa shape index (κ2) is 7.47. The van der Waals surface area contributed by atoms with Gasteiger partial charge in [0.25, 0.3) is 15.9 Å². The van der Waals surface area contributed by atoms with Gasteiger partial charge in [-0.1, -0.05) is 24.3 Å². The number of para-hydroxylation sites is 1. The predicted molar refractivity (Wildman–Crippen MR) is 109 cm³/mol. The summed E-state index contributed by atoms with van der Waals surface area (Å²) in [5.74, 6) is -0.325. The zero-order chi connectivity index (χ0) is 20.5. The minimum Gasteiger partial charge on any atom is -0.322 e. The third kappa shape index (κ3) is 3.63. The third-order valence-corrected chi connectivity index (χ3v) is 6.39. The topological polar surface area (TPSA) is 84.3 Å². The van der Waals surface area contributed by atoms with Crippen LogP contribution in [-0.2, 0) is 17.1 Å². The second-order valence-electron chi connectivity index (χ2n) is 6.46. The molecule has 7 nitrogen and oxygen atoms in total. The summed E-state index contributed by atoms with van der Waals surface area (Å²) in [7, 11) is -0.494. The van der Waals surface area contributed by atoms with Crippen molar-refractivity contribution in [3.8, 4) is 0 Å². The largest absolute Gasteiger partial charge is 0.322 e. The maximum atomic E-state index is 13.0. The molecule has 0 fully saturated rings. The van der Waals surface area contributed by atoms with E-state index in [1.807, 2.05) is 13.0 Å². The van der Waals surface area contributed by atoms with Gasteiger partial charge in [0.05, 0.1) is 21.8 Å². The summed E-state index contributed by atoms with van der Waals surface area (Å²) in [6, 6.07) is 15.0. The van der Waals surface area contributed by atoms with Gasteiger partial charge in [0, 0.05) is 25.5 Å². The molecule has 2 aromatic carbocycles. The SMILES string of the molecule is Cc1nn(C)c(C)c1C(=O)Nc1cccc(S(=O)(=O)N(C)c2ccccc2)c1. The molecule has 0 aliphatic rings. The van der Waals surface area contributed by atoms with E-state index in [2.05, 4.69) is 10.4 Å². The molecule has 1 N–H and O–H groups in total. The Morgan fingerprint density at radius 1 is 1.07 bits per heavy atom. The molecule has 3 aromatic rings. The minimum absolute atomic E-state index is 0.0938. The normalized spacial score (nSPS) is 11.3. The summed E-state index contributed by atoms with van der Waals surface area (Å²) >= 11 is 0. The van der Waals surface area contributed by atoms with E-state index in [0.29, 0.717) is 22.6 Å². The van der Waals surface area contributed by atoms with Crippen LogP contribution in [0, 0.1) is 13.8 Å². The van der Waals surface area contributed by atoms with E-state index in [9.17, 15) is 13.2 Å². The summed E-state index contributed by atoms with van der Waals surface area (Å²) in [5.41, 5.74) is 2.79. The number of nitrogens with zero attached hydrogens (tertiary/aromatic N) is 3. The zero-order valence-electron chi connectivity index (χ0n) is 16.2. The van der Waals surface area contributed by atoms with Gasteiger partial charge in [-0.15, -0.1) is 0 Å². The van der Waals surface area contributed by atoms with Gasteiger partial charge in [0.2, 0.25) is 0 Å². The quantitative estimate of drug-likeness (QED) is 0.716. The number of hydrogen-bond acceptors (Lipinski definition) is 4. The monoisotopic (exact) mass is 398 g/mol. The van der Waals surface area contributed by atoms with Gasteiger partial charge >= 0.3 is 0 Å². The molecule has 1 amide bonds. The van der Waals surface area contributed by atoms with Crippen molar-refractivity contribution in [3.05, 3.63) is 71.5 Å². The van der Waals surface area contributed by atoms with Crippen LogP contribution in [0.25, 0.3) is 0 Å². The highest BCUT2D eigenvalue weighted by Gasteiger charge is 2.22. The molecule has 0 radical (unpaired) electrons. The minimum atomic E-state index is -3.76. The first-order valence-corrected chi connectivity index (χ1v) is 10.1. The fraction of sp³-hybridized carbons (Fsp3) is 0.200. The average molecular weight is 398 g/mol. The van der Waals surface area contributed by atoms with E-state index in [1.165, 1.54) is 23.5 Å². The first-order chi connectivity index (χ1) is 13.2. The Balaban J connectivity index is 1.89. The van der Waals surface area contributed by atoms with Gasteiger partial charge in [0.1, 0.15) is 0 Å². The van der Waals surface area contributed by atoms with Crippen molar-refractivity contribution in [2.24, 2.45) is 7.05 Å². The second-order valence-corrected chi connectivity index (χ2v) is 8.43. The Kier molecular flexibility index (Phi) is 5.24. The molecule has 0 unspecified atom stereocenters. The maximum absolute atomic E-state index is 13.0. The van der Waals surface area contributed by atoms with Crippen LogP contribution in [-0.4, -0.2) is 31.2 Å². The van der Waals surface area contributed by atoms with Gasteiger partial charge < -0.3 is 5.32 Å². The van der Waals surface area contributed by atoms with Crippen molar-refractivity contribution in [1.82, 2.24) is 9.78 Å². The fourth-order valence-electron chi connectivity index (χ4n) is 2.96. The van der Waals surface area contributed by atoms with Gasteiger partial charge in [-0.3, -0.25) is 13.8 Å². The van der Waals surface area contributed by atoms with E-state index in [1.54, 1.807) is 55.1 Å². The van der Waals surface area contributed by atoms with E-state index < -0.39 is 10.0 Å². The van der Waals surface area contributed by atoms with E-state index >= 15 is 0 Å². The van der Waals surface area contributed by atoms with Crippen LogP contribution >= 0.6 is 0 Å². The molecule has 0 saturated carbocycles. The molecular formula is C20H22N4O3S. The highest BCUT2D eigenvalue weighted by molar-refractivity contribution is 7.92. The molecule has 28 heavy (non-hydrogen) atoms. The van der Waals surface area contributed by atoms with E-state index in [0.717, 1.165) is 5.69 Å². The summed E-state index contributed by atoms with van der Waals surface area (Å²) in [6.07, 6.45) is 0. The number of carbonyl (C=O) groups is 1. The highest BCUT2D eigenvalue weighted by atomic mass is 32.2. The Morgan fingerprint density at radius 3 is 2.36 bits per heavy atom. The lowest BCUT2D eigenvalue weighted by molar-refractivity contribution is 0.102. The van der Waals surface area contributed by atoms with Crippen molar-refractivity contribution < 1.29 is 13.2 Å². The molecular weight excluding hydrogens is 376 g/mol. The van der Waals surface area contributed by atoms with Gasteiger partial charge in [-0.05, 0) is 44.2 Å². The summed E-state index contributed by atoms with van der Waals surface area (Å²) < 4.78 is 28.8. The molecule has 0 bridgehead atoms. The lowest BCUT2D eigenvalue weighted by Gasteiger charge is -2.20. The van der Waals surface area contributed by atoms with Crippen LogP contribution in [0.2, 0.25) is 0 Å². The molecule has 0 saturated heterocycles. The van der Waals surface area contributed by atoms with E-state index in [-0.39, 0.29) is 10.8 Å². The Labute approximate surface area is 164 Å². The van der Waals surface area contributed by atoms with Crippen LogP contribution in [0.15, 0.2) is 59.5 Å². The van der Waals surface area contributed by atoms with Crippen molar-refractivity contribution >= 4 is 27.3 Å². The standard InChI is InChI=1S/C20H22N4O3S/c1-14-19(15(2)23(3)22-14)20(25)21-16-9-8-12-18(13-16)28(26,27)24(4)17-10-6-5-7-11-17/h5-13H,1-4H3,(H,21,25). The number of aryl methyl sites for hydroxylation is 2. The Morgan fingerprint density at radius 2 is 1.75 bits per heavy atom. The van der Waals surface area contributed by atoms with Crippen LogP contribution in [0.4, 0.5) is 11.4 Å². The molecule has 0 spiro atoms. The van der Waals surface area contributed by atoms with Crippen LogP contribution in [0.1, 0.15) is 21.7 Å². The summed E-state index contributed by atoms with van der Waals surface area (Å²) in [4.78, 5) is 12.8. The zero-order valence-corrected chi connectivity index (χ0v) is 17.0. The van der Waals surface area contributed by atoms with Crippen LogP contribution in [0.5, 0.6) is 0 Å². The maximum Gasteiger partial charge on any atom is 0.264 e. The third-order valence-electron chi connectivity index (χ3n) is 4.61. The number of rotatable bonds is 5. The average Bonchev–Trinajstić information content (AvgIpc) is 2.93. The van der Waals surface area contributed by atoms with Crippen LogP contribution < -0.4 is 9.62 Å². The summed E-state index contributed by atoms with van der Waals surface area (Å²) in [5, 5.41) is 7.01. The van der Waals surface area contributed by atoms with E-state index in [4.69, 9.17) is 0 Å². The van der Waals surface area contributed by atoms with Crippen molar-refractivity contribution in [3.63, 3.8) is 0 Å². The number of nitrogens with one attached hydrogen (secondary N) is 1. The smallest absolute Gasteiger partial charge is 0.264 e. The van der Waals surface area contributed by atoms with Crippen LogP contribution in [0.3, 0.4) is 0 Å². The van der Waals surface area contributed by atoms with Crippen molar-refractivity contribution in [2.45, 2.75) is 18.7 Å². The number of aromatic nitrogens is 2. The first-order valence-electron chi connectivity index (χ1n) is 8.67. The van der Waals surface area contributed by atoms with Gasteiger partial charge in [-0.25, -0.2) is 8.42 Å². The number of benzene rings is 2. The molecule has 0 aliphatic carbocycles. The lowest BCUT2D eigenvalue weighted by Crippen LogP contribution is -2.26. The number of amides is 1. The fourth-order valence-corrected chi connectivity index (χ4v) is 4.21. The number of anilines is 2. The lowest BCUT2D eigenvalue weighted by atomic mass is 10.2. The number of hydrogen-bond donors (Lipinski definition) is 1. The number of sulfonamides is 1. The number of carbonyl (C=O) groups excluding carboxylic acids is 1. The van der Waals surface area contributed by atoms with Crippen molar-refractivity contribution in [2.75, 3.05) is 16.7 Å². The van der Waals surface area contributed by atoms with Gasteiger partial charge in [-0.2, -0.15) is 5.10 Å². The van der Waals surface area contributed by atoms with Crippen molar-refractivity contribution in [1.29, 1.82) is 0 Å². The Bertz CT molecular complexity index is 1120. The highest BCUT2D eigenvalue weighted by Crippen LogP contribution is 2.24. The first kappa shape index (κ1) is 19.6. The predicted octanol–water partition coefficient (Wildman–Crippen LogP) is 3.11. The molecule has 3 rings (SSSR count). The van der Waals surface area contributed by atoms with Gasteiger partial charge in [0.15, 0.2) is 0 Å². The molecule has 146 valence electrons. The molecule has 1 heterocycles. The molecule has 1 aromatic heterocycles. The Hall–Kier alpha value is -3.13. The molecule has 0 aliphatic heterocycles.